The summed E-state index contributed by atoms with van der Waals surface area (Å²) in [6.07, 6.45) is 0.269. The molecule has 1 aromatic carbocycles. The lowest BCUT2D eigenvalue weighted by Crippen LogP contribution is -2.40. The third kappa shape index (κ3) is 4.27. The molecule has 1 amide bonds. The third-order valence-electron chi connectivity index (χ3n) is 4.64. The topological polar surface area (TPSA) is 45.5 Å². The Kier molecular flexibility index (Phi) is 5.66. The number of halogens is 3. The number of carbonyl (C=O) groups is 1. The van der Waals surface area contributed by atoms with E-state index in [0.29, 0.717) is 5.76 Å². The van der Waals surface area contributed by atoms with Crippen LogP contribution in [-0.4, -0.2) is 30.4 Å². The highest BCUT2D eigenvalue weighted by Gasteiger charge is 2.35. The standard InChI is InChI=1S/C19H21F3N2O2/c20-19(21,22)15-8-3-2-7-14(15)18(25)23-13-16(17-9-6-12-26-17)24-10-4-1-5-11-24/h2-3,6-9,12,16H,1,4-5,10-11,13H2,(H,23,25)/t16-/m0/s1. The van der Waals surface area contributed by atoms with Crippen molar-refractivity contribution < 1.29 is 22.4 Å². The molecular formula is C19H21F3N2O2. The Bertz CT molecular complexity index is 723. The van der Waals surface area contributed by atoms with Crippen molar-refractivity contribution in [2.75, 3.05) is 19.6 Å². The minimum Gasteiger partial charge on any atom is -0.468 e. The van der Waals surface area contributed by atoms with Crippen molar-refractivity contribution in [1.29, 1.82) is 0 Å². The molecule has 140 valence electrons. The number of piperidine rings is 1. The quantitative estimate of drug-likeness (QED) is 0.860. The Morgan fingerprint density at radius 1 is 1.12 bits per heavy atom. The highest BCUT2D eigenvalue weighted by atomic mass is 19.4. The molecule has 1 aliphatic rings. The first-order chi connectivity index (χ1) is 12.5. The van der Waals surface area contributed by atoms with E-state index < -0.39 is 17.6 Å². The first-order valence-electron chi connectivity index (χ1n) is 8.68. The number of amides is 1. The summed E-state index contributed by atoms with van der Waals surface area (Å²) in [7, 11) is 0. The molecule has 4 nitrogen and oxygen atoms in total. The molecule has 1 fully saturated rings. The summed E-state index contributed by atoms with van der Waals surface area (Å²) in [6.45, 7) is 1.94. The smallest absolute Gasteiger partial charge is 0.417 e. The van der Waals surface area contributed by atoms with Crippen molar-refractivity contribution in [3.63, 3.8) is 0 Å². The molecule has 1 aromatic heterocycles. The first kappa shape index (κ1) is 18.5. The largest absolute Gasteiger partial charge is 0.468 e. The Hall–Kier alpha value is -2.28. The average Bonchev–Trinajstić information content (AvgIpc) is 3.16. The number of rotatable bonds is 5. The number of nitrogens with one attached hydrogen (secondary N) is 1. The number of furan rings is 1. The minimum atomic E-state index is -4.57. The van der Waals surface area contributed by atoms with Crippen LogP contribution in [0, 0.1) is 0 Å². The number of hydrogen-bond acceptors (Lipinski definition) is 3. The lowest BCUT2D eigenvalue weighted by atomic mass is 10.0. The Morgan fingerprint density at radius 3 is 2.50 bits per heavy atom. The van der Waals surface area contributed by atoms with Gasteiger partial charge < -0.3 is 9.73 Å². The van der Waals surface area contributed by atoms with E-state index in [0.717, 1.165) is 38.4 Å². The molecule has 0 unspecified atom stereocenters. The van der Waals surface area contributed by atoms with Crippen molar-refractivity contribution in [1.82, 2.24) is 10.2 Å². The first-order valence-corrected chi connectivity index (χ1v) is 8.68. The molecule has 0 bridgehead atoms. The fraction of sp³-hybridized carbons (Fsp3) is 0.421. The molecule has 2 aromatic rings. The summed E-state index contributed by atoms with van der Waals surface area (Å²) >= 11 is 0. The Balaban J connectivity index is 1.74. The SMILES string of the molecule is O=C(NC[C@@H](c1ccco1)N1CCCCC1)c1ccccc1C(F)(F)F. The molecule has 2 heterocycles. The molecule has 26 heavy (non-hydrogen) atoms. The van der Waals surface area contributed by atoms with Gasteiger partial charge in [-0.05, 0) is 50.2 Å². The van der Waals surface area contributed by atoms with E-state index in [1.165, 1.54) is 18.2 Å². The lowest BCUT2D eigenvalue weighted by molar-refractivity contribution is -0.137. The maximum absolute atomic E-state index is 13.1. The zero-order valence-corrected chi connectivity index (χ0v) is 14.3. The predicted molar refractivity (Wildman–Crippen MR) is 90.7 cm³/mol. The minimum absolute atomic E-state index is 0.188. The maximum atomic E-state index is 13.1. The van der Waals surface area contributed by atoms with Gasteiger partial charge in [0.15, 0.2) is 0 Å². The monoisotopic (exact) mass is 366 g/mol. The molecule has 1 aliphatic heterocycles. The lowest BCUT2D eigenvalue weighted by Gasteiger charge is -2.33. The molecule has 3 rings (SSSR count). The number of alkyl halides is 3. The summed E-state index contributed by atoms with van der Waals surface area (Å²) in [5.41, 5.74) is -1.29. The normalized spacial score (nSPS) is 17.0. The van der Waals surface area contributed by atoms with Gasteiger partial charge in [0.1, 0.15) is 5.76 Å². The van der Waals surface area contributed by atoms with Crippen LogP contribution in [-0.2, 0) is 6.18 Å². The summed E-state index contributed by atoms with van der Waals surface area (Å²) in [5.74, 6) is -0.0252. The van der Waals surface area contributed by atoms with Crippen molar-refractivity contribution in [2.24, 2.45) is 0 Å². The van der Waals surface area contributed by atoms with Gasteiger partial charge in [-0.2, -0.15) is 13.2 Å². The van der Waals surface area contributed by atoms with E-state index in [1.54, 1.807) is 12.3 Å². The van der Waals surface area contributed by atoms with Gasteiger partial charge in [-0.15, -0.1) is 0 Å². The van der Waals surface area contributed by atoms with Crippen LogP contribution in [0.5, 0.6) is 0 Å². The molecule has 0 aliphatic carbocycles. The van der Waals surface area contributed by atoms with Crippen molar-refractivity contribution in [3.05, 3.63) is 59.5 Å². The summed E-state index contributed by atoms with van der Waals surface area (Å²) in [6, 6.07) is 8.23. The number of benzene rings is 1. The molecule has 1 N–H and O–H groups in total. The van der Waals surface area contributed by atoms with E-state index in [-0.39, 0.29) is 18.2 Å². The molecule has 1 atom stereocenters. The zero-order valence-electron chi connectivity index (χ0n) is 14.3. The van der Waals surface area contributed by atoms with Crippen LogP contribution < -0.4 is 5.32 Å². The van der Waals surface area contributed by atoms with Gasteiger partial charge >= 0.3 is 6.18 Å². The van der Waals surface area contributed by atoms with Crippen LogP contribution in [0.15, 0.2) is 47.1 Å². The second kappa shape index (κ2) is 7.95. The van der Waals surface area contributed by atoms with E-state index in [2.05, 4.69) is 10.2 Å². The number of carbonyl (C=O) groups excluding carboxylic acids is 1. The third-order valence-corrected chi connectivity index (χ3v) is 4.64. The molecular weight excluding hydrogens is 345 g/mol. The van der Waals surface area contributed by atoms with Crippen molar-refractivity contribution in [2.45, 2.75) is 31.5 Å². The van der Waals surface area contributed by atoms with Gasteiger partial charge in [-0.3, -0.25) is 9.69 Å². The molecule has 0 saturated carbocycles. The molecule has 1 saturated heterocycles. The number of nitrogens with zero attached hydrogens (tertiary/aromatic N) is 1. The number of likely N-dealkylation sites (tertiary alicyclic amines) is 1. The van der Waals surface area contributed by atoms with Gasteiger partial charge in [0, 0.05) is 6.54 Å². The van der Waals surface area contributed by atoms with E-state index >= 15 is 0 Å². The van der Waals surface area contributed by atoms with Gasteiger partial charge in [-0.25, -0.2) is 0 Å². The molecule has 0 radical (unpaired) electrons. The highest BCUT2D eigenvalue weighted by molar-refractivity contribution is 5.95. The molecule has 7 heteroatoms. The fourth-order valence-corrected chi connectivity index (χ4v) is 3.33. The van der Waals surface area contributed by atoms with Crippen LogP contribution in [0.4, 0.5) is 13.2 Å². The molecule has 0 spiro atoms. The second-order valence-electron chi connectivity index (χ2n) is 6.38. The van der Waals surface area contributed by atoms with Crippen molar-refractivity contribution >= 4 is 5.91 Å². The van der Waals surface area contributed by atoms with Crippen LogP contribution in [0.2, 0.25) is 0 Å². The summed E-state index contributed by atoms with van der Waals surface area (Å²) < 4.78 is 44.8. The number of hydrogen-bond donors (Lipinski definition) is 1. The van der Waals surface area contributed by atoms with Gasteiger partial charge in [-0.1, -0.05) is 18.6 Å². The maximum Gasteiger partial charge on any atom is 0.417 e. The Labute approximate surface area is 150 Å². The second-order valence-corrected chi connectivity index (χ2v) is 6.38. The van der Waals surface area contributed by atoms with Crippen LogP contribution in [0.3, 0.4) is 0 Å². The zero-order chi connectivity index (χ0) is 18.6. The fourth-order valence-electron chi connectivity index (χ4n) is 3.33. The summed E-state index contributed by atoms with van der Waals surface area (Å²) in [4.78, 5) is 14.6. The van der Waals surface area contributed by atoms with E-state index in [9.17, 15) is 18.0 Å². The predicted octanol–water partition coefficient (Wildman–Crippen LogP) is 4.26. The highest BCUT2D eigenvalue weighted by Crippen LogP contribution is 2.32. The van der Waals surface area contributed by atoms with Gasteiger partial charge in [0.05, 0.1) is 23.4 Å². The van der Waals surface area contributed by atoms with Crippen LogP contribution in [0.25, 0.3) is 0 Å². The van der Waals surface area contributed by atoms with Crippen LogP contribution in [0.1, 0.15) is 47.0 Å². The summed E-state index contributed by atoms with van der Waals surface area (Å²) in [5, 5.41) is 2.66. The van der Waals surface area contributed by atoms with Crippen molar-refractivity contribution in [3.8, 4) is 0 Å². The van der Waals surface area contributed by atoms with Gasteiger partial charge in [0.25, 0.3) is 5.91 Å². The van der Waals surface area contributed by atoms with Crippen LogP contribution >= 0.6 is 0 Å². The Morgan fingerprint density at radius 2 is 1.85 bits per heavy atom. The average molecular weight is 366 g/mol. The van der Waals surface area contributed by atoms with E-state index in [1.807, 2.05) is 6.07 Å². The van der Waals surface area contributed by atoms with E-state index in [4.69, 9.17) is 4.42 Å². The van der Waals surface area contributed by atoms with Gasteiger partial charge in [0.2, 0.25) is 0 Å².